The van der Waals surface area contributed by atoms with E-state index in [1.807, 2.05) is 0 Å². The molecule has 0 amide bonds. The first-order valence-electron chi connectivity index (χ1n) is 3.68. The molecule has 0 spiro atoms. The van der Waals surface area contributed by atoms with Crippen molar-refractivity contribution in [3.63, 3.8) is 0 Å². The summed E-state index contributed by atoms with van der Waals surface area (Å²) in [6.45, 7) is -0.213. The second-order valence-corrected chi connectivity index (χ2v) is 2.56. The first-order valence-corrected chi connectivity index (χ1v) is 3.68. The Morgan fingerprint density at radius 1 is 1.86 bits per heavy atom. The summed E-state index contributed by atoms with van der Waals surface area (Å²) in [5.74, 6) is -2.74. The predicted molar refractivity (Wildman–Crippen MR) is 44.7 cm³/mol. The van der Waals surface area contributed by atoms with E-state index in [4.69, 9.17) is 10.8 Å². The average Bonchev–Trinajstić information content (AvgIpc) is 2.53. The standard InChI is InChI=1S/C6H8N4O4/c7-1-3(6(11)12)4-2-8-9-5(4)10(13)14/h2-3H,1,7H2,(H,8,9)(H,11,12). The Kier molecular flexibility index (Phi) is 2.77. The summed E-state index contributed by atoms with van der Waals surface area (Å²) in [5.41, 5.74) is 5.18. The number of carbonyl (C=O) groups is 1. The van der Waals surface area contributed by atoms with E-state index in [0.29, 0.717) is 0 Å². The third kappa shape index (κ3) is 1.69. The lowest BCUT2D eigenvalue weighted by molar-refractivity contribution is -0.390. The Morgan fingerprint density at radius 3 is 2.93 bits per heavy atom. The zero-order valence-electron chi connectivity index (χ0n) is 7.01. The van der Waals surface area contributed by atoms with Crippen molar-refractivity contribution in [1.29, 1.82) is 0 Å². The third-order valence-corrected chi connectivity index (χ3v) is 1.74. The van der Waals surface area contributed by atoms with Crippen molar-refractivity contribution in [2.24, 2.45) is 5.73 Å². The van der Waals surface area contributed by atoms with Gasteiger partial charge in [-0.15, -0.1) is 5.10 Å². The fourth-order valence-corrected chi connectivity index (χ4v) is 1.05. The van der Waals surface area contributed by atoms with Gasteiger partial charge in [-0.1, -0.05) is 5.10 Å². The topological polar surface area (TPSA) is 135 Å². The van der Waals surface area contributed by atoms with E-state index < -0.39 is 22.6 Å². The fourth-order valence-electron chi connectivity index (χ4n) is 1.05. The first-order chi connectivity index (χ1) is 6.57. The zero-order chi connectivity index (χ0) is 10.7. The summed E-state index contributed by atoms with van der Waals surface area (Å²) in [6, 6.07) is 0. The number of aliphatic carboxylic acids is 1. The van der Waals surface area contributed by atoms with Crippen molar-refractivity contribution in [3.8, 4) is 0 Å². The molecule has 0 radical (unpaired) electrons. The van der Waals surface area contributed by atoms with Crippen LogP contribution in [-0.2, 0) is 4.79 Å². The lowest BCUT2D eigenvalue weighted by atomic mass is 10.0. The molecule has 8 heteroatoms. The number of nitrogens with zero attached hydrogens (tertiary/aromatic N) is 2. The van der Waals surface area contributed by atoms with Crippen LogP contribution in [0.25, 0.3) is 0 Å². The van der Waals surface area contributed by atoms with E-state index in [9.17, 15) is 14.9 Å². The Labute approximate surface area is 77.9 Å². The van der Waals surface area contributed by atoms with E-state index in [-0.39, 0.29) is 12.1 Å². The van der Waals surface area contributed by atoms with Gasteiger partial charge in [0.1, 0.15) is 5.92 Å². The number of rotatable bonds is 4. The molecule has 1 atom stereocenters. The second kappa shape index (κ2) is 3.83. The number of aromatic nitrogens is 2. The van der Waals surface area contributed by atoms with Crippen LogP contribution in [0.3, 0.4) is 0 Å². The Morgan fingerprint density at radius 2 is 2.50 bits per heavy atom. The molecular weight excluding hydrogens is 192 g/mol. The highest BCUT2D eigenvalue weighted by molar-refractivity contribution is 5.77. The summed E-state index contributed by atoms with van der Waals surface area (Å²) in [7, 11) is 0. The highest BCUT2D eigenvalue weighted by Gasteiger charge is 2.27. The number of nitrogens with one attached hydrogen (secondary N) is 1. The summed E-state index contributed by atoms with van der Waals surface area (Å²) < 4.78 is 0. The van der Waals surface area contributed by atoms with Crippen molar-refractivity contribution in [2.45, 2.75) is 5.92 Å². The van der Waals surface area contributed by atoms with Gasteiger partial charge in [-0.05, 0) is 4.92 Å². The average molecular weight is 200 g/mol. The molecule has 0 aliphatic carbocycles. The lowest BCUT2D eigenvalue weighted by Gasteiger charge is -2.05. The SMILES string of the molecule is NCC(C(=O)O)c1cn[nH]c1[N+](=O)[O-]. The van der Waals surface area contributed by atoms with Gasteiger partial charge in [0.15, 0.2) is 0 Å². The second-order valence-electron chi connectivity index (χ2n) is 2.56. The van der Waals surface area contributed by atoms with Crippen LogP contribution in [0, 0.1) is 10.1 Å². The van der Waals surface area contributed by atoms with Crippen molar-refractivity contribution in [3.05, 3.63) is 21.9 Å². The van der Waals surface area contributed by atoms with Gasteiger partial charge in [0.25, 0.3) is 0 Å². The van der Waals surface area contributed by atoms with Crippen LogP contribution in [-0.4, -0.2) is 32.7 Å². The number of nitro groups is 1. The molecule has 14 heavy (non-hydrogen) atoms. The van der Waals surface area contributed by atoms with Crippen LogP contribution in [0.5, 0.6) is 0 Å². The van der Waals surface area contributed by atoms with Gasteiger partial charge in [-0.3, -0.25) is 4.79 Å². The Balaban J connectivity index is 3.10. The van der Waals surface area contributed by atoms with E-state index in [0.717, 1.165) is 6.20 Å². The van der Waals surface area contributed by atoms with Crippen LogP contribution in [0.15, 0.2) is 6.20 Å². The summed E-state index contributed by atoms with van der Waals surface area (Å²) >= 11 is 0. The van der Waals surface area contributed by atoms with Crippen LogP contribution in [0.2, 0.25) is 0 Å². The number of hydrogen-bond donors (Lipinski definition) is 3. The molecule has 0 aliphatic rings. The summed E-state index contributed by atoms with van der Waals surface area (Å²) in [5, 5.41) is 24.6. The van der Waals surface area contributed by atoms with Crippen molar-refractivity contribution >= 4 is 11.8 Å². The van der Waals surface area contributed by atoms with Gasteiger partial charge in [-0.2, -0.15) is 0 Å². The maximum atomic E-state index is 10.7. The molecule has 1 aromatic rings. The number of nitrogens with two attached hydrogens (primary N) is 1. The smallest absolute Gasteiger partial charge is 0.346 e. The Bertz CT molecular complexity index is 360. The molecular formula is C6H8N4O4. The van der Waals surface area contributed by atoms with E-state index in [1.165, 1.54) is 0 Å². The first kappa shape index (κ1) is 10.1. The Hall–Kier alpha value is -1.96. The molecule has 0 aliphatic heterocycles. The molecule has 0 saturated heterocycles. The van der Waals surface area contributed by atoms with Gasteiger partial charge in [-0.25, -0.2) is 0 Å². The molecule has 0 saturated carbocycles. The molecule has 0 fully saturated rings. The van der Waals surface area contributed by atoms with Crippen LogP contribution in [0.1, 0.15) is 11.5 Å². The maximum Gasteiger partial charge on any atom is 0.346 e. The van der Waals surface area contributed by atoms with Gasteiger partial charge in [0.2, 0.25) is 0 Å². The molecule has 76 valence electrons. The van der Waals surface area contributed by atoms with E-state index in [2.05, 4.69) is 10.2 Å². The minimum Gasteiger partial charge on any atom is -0.481 e. The highest BCUT2D eigenvalue weighted by Crippen LogP contribution is 2.23. The summed E-state index contributed by atoms with van der Waals surface area (Å²) in [4.78, 5) is 20.4. The molecule has 1 rings (SSSR count). The molecule has 8 nitrogen and oxygen atoms in total. The third-order valence-electron chi connectivity index (χ3n) is 1.74. The molecule has 1 unspecified atom stereocenters. The van der Waals surface area contributed by atoms with Gasteiger partial charge < -0.3 is 21.0 Å². The normalized spacial score (nSPS) is 12.4. The molecule has 4 N–H and O–H groups in total. The van der Waals surface area contributed by atoms with Gasteiger partial charge >= 0.3 is 11.8 Å². The highest BCUT2D eigenvalue weighted by atomic mass is 16.6. The molecule has 0 bridgehead atoms. The zero-order valence-corrected chi connectivity index (χ0v) is 7.01. The lowest BCUT2D eigenvalue weighted by Crippen LogP contribution is -2.21. The minimum absolute atomic E-state index is 0.00926. The summed E-state index contributed by atoms with van der Waals surface area (Å²) in [6.07, 6.45) is 1.10. The fraction of sp³-hybridized carbons (Fsp3) is 0.333. The number of aromatic amines is 1. The quantitative estimate of drug-likeness (QED) is 0.440. The molecule has 0 aromatic carbocycles. The van der Waals surface area contributed by atoms with Crippen molar-refractivity contribution < 1.29 is 14.8 Å². The molecule has 1 heterocycles. The largest absolute Gasteiger partial charge is 0.481 e. The van der Waals surface area contributed by atoms with Crippen LogP contribution >= 0.6 is 0 Å². The van der Waals surface area contributed by atoms with Crippen LogP contribution < -0.4 is 5.73 Å². The number of H-pyrrole nitrogens is 1. The van der Waals surface area contributed by atoms with E-state index in [1.54, 1.807) is 0 Å². The van der Waals surface area contributed by atoms with Gasteiger partial charge in [0.05, 0.1) is 11.8 Å². The maximum absolute atomic E-state index is 10.7. The van der Waals surface area contributed by atoms with Crippen molar-refractivity contribution in [1.82, 2.24) is 10.2 Å². The number of carboxylic acids is 1. The van der Waals surface area contributed by atoms with E-state index >= 15 is 0 Å². The van der Waals surface area contributed by atoms with Crippen LogP contribution in [0.4, 0.5) is 5.82 Å². The van der Waals surface area contributed by atoms with Crippen molar-refractivity contribution in [2.75, 3.05) is 6.54 Å². The monoisotopic (exact) mass is 200 g/mol. The number of hydrogen-bond acceptors (Lipinski definition) is 5. The van der Waals surface area contributed by atoms with Gasteiger partial charge in [0, 0.05) is 6.54 Å². The minimum atomic E-state index is -1.21. The predicted octanol–water partition coefficient (Wildman–Crippen LogP) is -0.555. The molecule has 1 aromatic heterocycles. The number of carboxylic acid groups (broad SMARTS) is 1.